The van der Waals surface area contributed by atoms with Crippen LogP contribution in [0.5, 0.6) is 0 Å². The number of para-hydroxylation sites is 4. The molecule has 10 heteroatoms. The zero-order valence-electron chi connectivity index (χ0n) is 22.3. The van der Waals surface area contributed by atoms with Crippen LogP contribution in [0.2, 0.25) is 20.1 Å². The highest BCUT2D eigenvalue weighted by Gasteiger charge is 2.40. The molecule has 0 radical (unpaired) electrons. The van der Waals surface area contributed by atoms with Crippen LogP contribution in [0.1, 0.15) is 26.3 Å². The number of hydrogen-bond donors (Lipinski definition) is 0. The quantitative estimate of drug-likeness (QED) is 0.144. The van der Waals surface area contributed by atoms with Gasteiger partial charge in [-0.1, -0.05) is 88.4 Å². The highest BCUT2D eigenvalue weighted by molar-refractivity contribution is 6.41. The van der Waals surface area contributed by atoms with Crippen LogP contribution < -0.4 is 9.80 Å². The lowest BCUT2D eigenvalue weighted by Gasteiger charge is -2.26. The molecule has 0 fully saturated rings. The second kappa shape index (κ2) is 10.5. The maximum absolute atomic E-state index is 13.4. The van der Waals surface area contributed by atoms with Gasteiger partial charge >= 0.3 is 0 Å². The summed E-state index contributed by atoms with van der Waals surface area (Å²) < 4.78 is 0. The smallest absolute Gasteiger partial charge is 0.197 e. The van der Waals surface area contributed by atoms with Crippen molar-refractivity contribution < 1.29 is 9.59 Å². The molecule has 1 aliphatic carbocycles. The van der Waals surface area contributed by atoms with Crippen LogP contribution in [0.15, 0.2) is 102 Å². The number of carbonyl (C=O) groups is 2. The Labute approximate surface area is 266 Å². The lowest BCUT2D eigenvalue weighted by molar-refractivity contribution is 0.0988. The Bertz CT molecular complexity index is 1970. The highest BCUT2D eigenvalue weighted by Crippen LogP contribution is 2.54. The second-order valence-electron chi connectivity index (χ2n) is 9.98. The van der Waals surface area contributed by atoms with Crippen LogP contribution in [0.4, 0.5) is 23.0 Å². The average molecular weight is 644 g/mol. The fourth-order valence-electron chi connectivity index (χ4n) is 5.34. The molecule has 0 saturated heterocycles. The van der Waals surface area contributed by atoms with Crippen molar-refractivity contribution in [2.75, 3.05) is 9.80 Å². The van der Waals surface area contributed by atoms with Gasteiger partial charge in [0, 0.05) is 11.1 Å². The molecule has 0 unspecified atom stereocenters. The van der Waals surface area contributed by atoms with Gasteiger partial charge < -0.3 is 0 Å². The van der Waals surface area contributed by atoms with E-state index in [4.69, 9.17) is 56.4 Å². The number of rotatable bonds is 3. The predicted octanol–water partition coefficient (Wildman–Crippen LogP) is 9.69. The third kappa shape index (κ3) is 4.41. The molecule has 2 heterocycles. The Kier molecular flexibility index (Phi) is 6.75. The van der Waals surface area contributed by atoms with Crippen molar-refractivity contribution in [2.45, 2.75) is 6.92 Å². The Morgan fingerprint density at radius 2 is 1.09 bits per heavy atom. The molecule has 210 valence electrons. The number of hydrogen-bond acceptors (Lipinski definition) is 6. The van der Waals surface area contributed by atoms with E-state index >= 15 is 0 Å². The van der Waals surface area contributed by atoms with E-state index in [1.807, 2.05) is 37.3 Å². The molecule has 0 spiro atoms. The molecule has 4 aromatic carbocycles. The summed E-state index contributed by atoms with van der Waals surface area (Å²) in [6, 6.07) is 22.9. The summed E-state index contributed by atoms with van der Waals surface area (Å²) in [6.45, 7) is 1.87. The van der Waals surface area contributed by atoms with Crippen molar-refractivity contribution in [1.82, 2.24) is 9.97 Å². The molecular weight excluding hydrogens is 626 g/mol. The minimum Gasteiger partial charge on any atom is -0.288 e. The van der Waals surface area contributed by atoms with Gasteiger partial charge in [-0.05, 0) is 61.5 Å². The van der Waals surface area contributed by atoms with E-state index in [1.165, 1.54) is 6.08 Å². The van der Waals surface area contributed by atoms with Gasteiger partial charge in [0.05, 0.1) is 48.1 Å². The van der Waals surface area contributed by atoms with E-state index in [-0.39, 0.29) is 17.1 Å². The predicted molar refractivity (Wildman–Crippen MR) is 173 cm³/mol. The molecule has 1 aromatic heterocycles. The molecule has 43 heavy (non-hydrogen) atoms. The van der Waals surface area contributed by atoms with Gasteiger partial charge in [-0.3, -0.25) is 19.4 Å². The molecule has 1 aliphatic heterocycles. The number of halogens is 4. The van der Waals surface area contributed by atoms with Crippen LogP contribution in [0.3, 0.4) is 0 Å². The van der Waals surface area contributed by atoms with Crippen LogP contribution in [-0.2, 0) is 0 Å². The maximum Gasteiger partial charge on any atom is 0.197 e. The number of ketones is 2. The number of anilines is 4. The molecule has 0 atom stereocenters. The molecule has 7 rings (SSSR count). The van der Waals surface area contributed by atoms with E-state index < -0.39 is 0 Å². The van der Waals surface area contributed by atoms with E-state index in [1.54, 1.807) is 64.4 Å². The number of aromatic nitrogens is 2. The van der Waals surface area contributed by atoms with Gasteiger partial charge in [-0.2, -0.15) is 0 Å². The molecular formula is C33H18Cl4N4O2. The summed E-state index contributed by atoms with van der Waals surface area (Å²) in [6.07, 6.45) is 3.13. The summed E-state index contributed by atoms with van der Waals surface area (Å²) in [7, 11) is 0. The Balaban J connectivity index is 1.54. The van der Waals surface area contributed by atoms with Crippen molar-refractivity contribution in [3.8, 4) is 0 Å². The maximum atomic E-state index is 13.4. The second-order valence-corrected chi connectivity index (χ2v) is 11.6. The van der Waals surface area contributed by atoms with Crippen molar-refractivity contribution >= 4 is 92.0 Å². The first-order valence-corrected chi connectivity index (χ1v) is 14.6. The largest absolute Gasteiger partial charge is 0.288 e. The summed E-state index contributed by atoms with van der Waals surface area (Å²) in [5, 5.41) is 1.37. The molecule has 6 nitrogen and oxygen atoms in total. The fourth-order valence-corrected chi connectivity index (χ4v) is 6.47. The van der Waals surface area contributed by atoms with E-state index in [0.29, 0.717) is 71.1 Å². The normalized spacial score (nSPS) is 15.1. The molecule has 5 aromatic rings. The Morgan fingerprint density at radius 3 is 1.60 bits per heavy atom. The van der Waals surface area contributed by atoms with Crippen LogP contribution in [-0.4, -0.2) is 21.5 Å². The summed E-state index contributed by atoms with van der Waals surface area (Å²) in [5.74, 6) is 0.479. The number of fused-ring (bicyclic) bond motifs is 3. The molecule has 0 saturated carbocycles. The van der Waals surface area contributed by atoms with Crippen molar-refractivity contribution in [1.29, 1.82) is 0 Å². The first-order valence-electron chi connectivity index (χ1n) is 13.1. The molecule has 2 aliphatic rings. The highest BCUT2D eigenvalue weighted by atomic mass is 35.5. The zero-order valence-corrected chi connectivity index (χ0v) is 25.3. The van der Waals surface area contributed by atoms with Gasteiger partial charge in [0.2, 0.25) is 0 Å². The number of nitrogens with zero attached hydrogens (tertiary/aromatic N) is 4. The number of Topliss-reactive ketones (excluding diaryl/α,β-unsaturated/α-hetero) is 2. The number of benzene rings is 4. The van der Waals surface area contributed by atoms with Gasteiger partial charge in [-0.15, -0.1) is 0 Å². The minimum atomic E-state index is -0.362. The Hall–Kier alpha value is -4.20. The standard InChI is InChI=1S/C33H18Cl4N4O2/c1-17-12-13-18-20(16-17)31(43)19(30(18)42)14-15-27-40(28-21(34)6-4-7-22(28)35)32-33(39-26-11-3-2-10-25(26)38-32)41(27)29-23(36)8-5-9-24(29)37/h2-16H,1H3/b19-14+. The lowest BCUT2D eigenvalue weighted by atomic mass is 10.1. The van der Waals surface area contributed by atoms with E-state index in [2.05, 4.69) is 0 Å². The van der Waals surface area contributed by atoms with Gasteiger partial charge in [-0.25, -0.2) is 9.97 Å². The minimum absolute atomic E-state index is 0.0190. The van der Waals surface area contributed by atoms with Crippen molar-refractivity contribution in [2.24, 2.45) is 0 Å². The van der Waals surface area contributed by atoms with E-state index in [9.17, 15) is 9.59 Å². The zero-order chi connectivity index (χ0) is 30.0. The van der Waals surface area contributed by atoms with Crippen molar-refractivity contribution in [3.05, 3.63) is 139 Å². The summed E-state index contributed by atoms with van der Waals surface area (Å²) in [5.41, 5.74) is 3.75. The first kappa shape index (κ1) is 27.6. The average Bonchev–Trinajstić information content (AvgIpc) is 3.40. The first-order chi connectivity index (χ1) is 20.7. The molecule has 0 bridgehead atoms. The summed E-state index contributed by atoms with van der Waals surface area (Å²) >= 11 is 27.1. The number of aryl methyl sites for hydroxylation is 1. The monoisotopic (exact) mass is 642 g/mol. The van der Waals surface area contributed by atoms with Crippen molar-refractivity contribution in [3.63, 3.8) is 0 Å². The van der Waals surface area contributed by atoms with Crippen LogP contribution in [0.25, 0.3) is 11.0 Å². The van der Waals surface area contributed by atoms with Gasteiger partial charge in [0.1, 0.15) is 5.82 Å². The number of carbonyl (C=O) groups excluding carboxylic acids is 2. The van der Waals surface area contributed by atoms with Gasteiger partial charge in [0.15, 0.2) is 23.2 Å². The van der Waals surface area contributed by atoms with Gasteiger partial charge in [0.25, 0.3) is 0 Å². The Morgan fingerprint density at radius 1 is 0.605 bits per heavy atom. The van der Waals surface area contributed by atoms with Crippen LogP contribution >= 0.6 is 46.4 Å². The third-order valence-electron chi connectivity index (χ3n) is 7.29. The lowest BCUT2D eigenvalue weighted by Crippen LogP contribution is -2.23. The summed E-state index contributed by atoms with van der Waals surface area (Å²) in [4.78, 5) is 40.1. The van der Waals surface area contributed by atoms with Crippen LogP contribution in [0, 0.1) is 6.92 Å². The third-order valence-corrected chi connectivity index (χ3v) is 8.51. The fraction of sp³-hybridized carbons (Fsp3) is 0.0303. The topological polar surface area (TPSA) is 66.4 Å². The SMILES string of the molecule is Cc1ccc2c(c1)C(=O)/C(=C/C=C1N(c3c(Cl)cccc3Cl)c3nc4ccccc4nc3N1c1c(Cl)cccc1Cl)C2=O. The number of allylic oxidation sites excluding steroid dienone is 3. The molecule has 0 N–H and O–H groups in total. The molecule has 0 amide bonds. The van der Waals surface area contributed by atoms with E-state index in [0.717, 1.165) is 5.56 Å².